The minimum atomic E-state index is -0.436. The van der Waals surface area contributed by atoms with Gasteiger partial charge in [0.2, 0.25) is 5.91 Å². The van der Waals surface area contributed by atoms with Crippen molar-refractivity contribution in [2.75, 3.05) is 5.32 Å². The van der Waals surface area contributed by atoms with E-state index in [0.717, 1.165) is 10.1 Å². The third-order valence-corrected chi connectivity index (χ3v) is 5.93. The first-order valence-electron chi connectivity index (χ1n) is 10.1. The number of hydrogen-bond donors (Lipinski definition) is 1. The number of anilines is 1. The van der Waals surface area contributed by atoms with Gasteiger partial charge in [0.25, 0.3) is 5.56 Å². The number of rotatable bonds is 7. The van der Waals surface area contributed by atoms with Gasteiger partial charge in [-0.15, -0.1) is 0 Å². The van der Waals surface area contributed by atoms with Crippen LogP contribution in [0.1, 0.15) is 18.4 Å². The third-order valence-electron chi connectivity index (χ3n) is 5.34. The van der Waals surface area contributed by atoms with E-state index in [1.165, 1.54) is 17.9 Å². The lowest BCUT2D eigenvalue weighted by molar-refractivity contribution is -0.116. The van der Waals surface area contributed by atoms with E-state index in [2.05, 4.69) is 15.4 Å². The van der Waals surface area contributed by atoms with Gasteiger partial charge in [-0.05, 0) is 24.1 Å². The molecule has 0 atom stereocenters. The lowest BCUT2D eigenvalue weighted by Gasteiger charge is -2.11. The van der Waals surface area contributed by atoms with Gasteiger partial charge in [0.1, 0.15) is 5.82 Å². The van der Waals surface area contributed by atoms with Crippen LogP contribution in [-0.2, 0) is 32.0 Å². The van der Waals surface area contributed by atoms with Crippen LogP contribution < -0.4 is 16.6 Å². The Morgan fingerprint density at radius 2 is 1.91 bits per heavy atom. The smallest absolute Gasteiger partial charge is 0.325 e. The number of imidazole rings is 1. The molecule has 172 valence electrons. The molecule has 0 bridgehead atoms. The minimum Gasteiger partial charge on any atom is -0.325 e. The number of halogens is 2. The summed E-state index contributed by atoms with van der Waals surface area (Å²) in [4.78, 5) is 41.2. The fraction of sp³-hybridized carbons (Fsp3) is 0.286. The zero-order valence-electron chi connectivity index (χ0n) is 18.0. The Morgan fingerprint density at radius 3 is 2.67 bits per heavy atom. The molecule has 1 N–H and O–H groups in total. The highest BCUT2D eigenvalue weighted by Gasteiger charge is 2.15. The van der Waals surface area contributed by atoms with Gasteiger partial charge in [0, 0.05) is 43.2 Å². The number of aromatic nitrogens is 6. The number of carbonyl (C=O) groups is 1. The third kappa shape index (κ3) is 4.57. The van der Waals surface area contributed by atoms with Crippen LogP contribution in [0.15, 0.2) is 46.4 Å². The van der Waals surface area contributed by atoms with Crippen molar-refractivity contribution in [3.63, 3.8) is 0 Å². The Bertz CT molecular complexity index is 1470. The SMILES string of the molecule is Cn1c(=O)c2c(ncn2CCCC(=O)Nc2ccnn2Cc2ccc(Cl)cc2Cl)n(C)c1=O. The van der Waals surface area contributed by atoms with E-state index in [-0.39, 0.29) is 12.3 Å². The van der Waals surface area contributed by atoms with E-state index in [4.69, 9.17) is 23.2 Å². The van der Waals surface area contributed by atoms with Crippen LogP contribution in [0.5, 0.6) is 0 Å². The highest BCUT2D eigenvalue weighted by Crippen LogP contribution is 2.22. The lowest BCUT2D eigenvalue weighted by atomic mass is 10.2. The van der Waals surface area contributed by atoms with E-state index >= 15 is 0 Å². The first-order chi connectivity index (χ1) is 15.8. The van der Waals surface area contributed by atoms with Gasteiger partial charge >= 0.3 is 5.69 Å². The first-order valence-corrected chi connectivity index (χ1v) is 10.9. The number of fused-ring (bicyclic) bond motifs is 1. The molecular weight excluding hydrogens is 469 g/mol. The second kappa shape index (κ2) is 9.24. The Labute approximate surface area is 198 Å². The molecule has 3 aromatic heterocycles. The van der Waals surface area contributed by atoms with Crippen molar-refractivity contribution >= 4 is 46.1 Å². The van der Waals surface area contributed by atoms with E-state index in [9.17, 15) is 14.4 Å². The number of hydrogen-bond acceptors (Lipinski definition) is 5. The van der Waals surface area contributed by atoms with E-state index in [1.807, 2.05) is 6.07 Å². The highest BCUT2D eigenvalue weighted by atomic mass is 35.5. The molecule has 12 heteroatoms. The summed E-state index contributed by atoms with van der Waals surface area (Å²) in [5.74, 6) is 0.353. The molecule has 1 amide bonds. The summed E-state index contributed by atoms with van der Waals surface area (Å²) in [5, 5.41) is 8.17. The zero-order valence-corrected chi connectivity index (χ0v) is 19.5. The minimum absolute atomic E-state index is 0.191. The largest absolute Gasteiger partial charge is 0.332 e. The first kappa shape index (κ1) is 22.8. The van der Waals surface area contributed by atoms with Gasteiger partial charge in [-0.25, -0.2) is 14.5 Å². The number of nitrogens with one attached hydrogen (secondary N) is 1. The number of aryl methyl sites for hydroxylation is 2. The fourth-order valence-corrected chi connectivity index (χ4v) is 4.03. The summed E-state index contributed by atoms with van der Waals surface area (Å²) < 4.78 is 5.67. The van der Waals surface area contributed by atoms with Crippen molar-refractivity contribution in [2.24, 2.45) is 14.1 Å². The molecule has 0 unspecified atom stereocenters. The predicted molar refractivity (Wildman–Crippen MR) is 126 cm³/mol. The summed E-state index contributed by atoms with van der Waals surface area (Å²) in [6.45, 7) is 0.776. The number of nitrogens with zero attached hydrogens (tertiary/aromatic N) is 6. The van der Waals surface area contributed by atoms with Crippen molar-refractivity contribution in [3.8, 4) is 0 Å². The second-order valence-corrected chi connectivity index (χ2v) is 8.42. The molecule has 0 saturated heterocycles. The summed E-state index contributed by atoms with van der Waals surface area (Å²) >= 11 is 12.2. The quantitative estimate of drug-likeness (QED) is 0.428. The molecule has 33 heavy (non-hydrogen) atoms. The van der Waals surface area contributed by atoms with Crippen LogP contribution in [0.2, 0.25) is 10.0 Å². The Balaban J connectivity index is 1.40. The monoisotopic (exact) mass is 489 g/mol. The summed E-state index contributed by atoms with van der Waals surface area (Å²) in [6.07, 6.45) is 3.80. The standard InChI is InChI=1S/C21H21Cl2N7O3/c1-27-19-18(20(32)28(2)21(27)33)29(12-24-19)9-3-4-17(31)26-16-7-8-25-30(16)11-13-5-6-14(22)10-15(13)23/h5-8,10,12H,3-4,9,11H2,1-2H3,(H,26,31). The average Bonchev–Trinajstić information content (AvgIpc) is 3.40. The number of carbonyl (C=O) groups excluding carboxylic acids is 1. The van der Waals surface area contributed by atoms with Crippen LogP contribution in [-0.4, -0.2) is 34.4 Å². The van der Waals surface area contributed by atoms with Gasteiger partial charge in [-0.3, -0.25) is 18.7 Å². The number of benzene rings is 1. The van der Waals surface area contributed by atoms with Gasteiger partial charge in [-0.2, -0.15) is 5.10 Å². The second-order valence-electron chi connectivity index (χ2n) is 7.58. The maximum atomic E-state index is 12.5. The summed E-state index contributed by atoms with van der Waals surface area (Å²) in [7, 11) is 2.99. The molecule has 0 spiro atoms. The summed E-state index contributed by atoms with van der Waals surface area (Å²) in [6, 6.07) is 6.92. The Hall–Kier alpha value is -3.37. The molecule has 0 aliphatic heterocycles. The highest BCUT2D eigenvalue weighted by molar-refractivity contribution is 6.35. The van der Waals surface area contributed by atoms with Crippen molar-refractivity contribution in [2.45, 2.75) is 25.9 Å². The van der Waals surface area contributed by atoms with Crippen LogP contribution in [0.4, 0.5) is 5.82 Å². The van der Waals surface area contributed by atoms with Crippen LogP contribution in [0.25, 0.3) is 11.2 Å². The van der Waals surface area contributed by atoms with Gasteiger partial charge in [0.05, 0.1) is 19.1 Å². The van der Waals surface area contributed by atoms with Crippen LogP contribution in [0.3, 0.4) is 0 Å². The fourth-order valence-electron chi connectivity index (χ4n) is 3.56. The maximum Gasteiger partial charge on any atom is 0.332 e. The van der Waals surface area contributed by atoms with Gasteiger partial charge < -0.3 is 9.88 Å². The van der Waals surface area contributed by atoms with E-state index in [1.54, 1.807) is 40.7 Å². The molecule has 1 aromatic carbocycles. The maximum absolute atomic E-state index is 12.5. The molecule has 0 aliphatic rings. The molecule has 4 rings (SSSR count). The van der Waals surface area contributed by atoms with Gasteiger partial charge in [-0.1, -0.05) is 29.3 Å². The average molecular weight is 490 g/mol. The van der Waals surface area contributed by atoms with Crippen LogP contribution in [0, 0.1) is 0 Å². The van der Waals surface area contributed by atoms with Crippen molar-refractivity contribution < 1.29 is 4.79 Å². The van der Waals surface area contributed by atoms with E-state index < -0.39 is 11.2 Å². The van der Waals surface area contributed by atoms with Gasteiger partial charge in [0.15, 0.2) is 11.2 Å². The van der Waals surface area contributed by atoms with Crippen molar-refractivity contribution in [3.05, 3.63) is 73.2 Å². The molecule has 0 fully saturated rings. The molecule has 3 heterocycles. The molecule has 0 aliphatic carbocycles. The molecule has 4 aromatic rings. The van der Waals surface area contributed by atoms with Crippen LogP contribution >= 0.6 is 23.2 Å². The molecule has 0 radical (unpaired) electrons. The zero-order chi connectivity index (χ0) is 23.7. The van der Waals surface area contributed by atoms with Crippen molar-refractivity contribution in [1.29, 1.82) is 0 Å². The van der Waals surface area contributed by atoms with E-state index in [0.29, 0.717) is 46.5 Å². The predicted octanol–water partition coefficient (Wildman–Crippen LogP) is 2.40. The lowest BCUT2D eigenvalue weighted by Crippen LogP contribution is -2.37. The molecule has 10 nitrogen and oxygen atoms in total. The number of amides is 1. The Kier molecular flexibility index (Phi) is 6.39. The summed E-state index contributed by atoms with van der Waals surface area (Å²) in [5.41, 5.74) is 0.618. The Morgan fingerprint density at radius 1 is 1.12 bits per heavy atom. The normalized spacial score (nSPS) is 11.3. The topological polar surface area (TPSA) is 109 Å². The molecular formula is C21H21Cl2N7O3. The van der Waals surface area contributed by atoms with Crippen molar-refractivity contribution in [1.82, 2.24) is 28.5 Å². The molecule has 0 saturated carbocycles.